The fourth-order valence-corrected chi connectivity index (χ4v) is 1.26. The van der Waals surface area contributed by atoms with E-state index in [0.717, 1.165) is 25.9 Å². The van der Waals surface area contributed by atoms with Gasteiger partial charge in [0.05, 0.1) is 0 Å². The van der Waals surface area contributed by atoms with Crippen LogP contribution >= 0.6 is 0 Å². The summed E-state index contributed by atoms with van der Waals surface area (Å²) in [5, 5.41) is 0. The summed E-state index contributed by atoms with van der Waals surface area (Å²) >= 11 is 0. The Morgan fingerprint density at radius 2 is 2.00 bits per heavy atom. The Morgan fingerprint density at radius 1 is 1.50 bits per heavy atom. The average molecular weight is 138 g/mol. The molecule has 1 aliphatic rings. The Hall–Kier alpha value is -0.480. The van der Waals surface area contributed by atoms with Crippen molar-refractivity contribution in [3.63, 3.8) is 0 Å². The van der Waals surface area contributed by atoms with Crippen molar-refractivity contribution in [2.24, 2.45) is 5.41 Å². The lowest BCUT2D eigenvalue weighted by molar-refractivity contribution is 0.187. The van der Waals surface area contributed by atoms with E-state index < -0.39 is 0 Å². The second-order valence-corrected chi connectivity index (χ2v) is 3.51. The Kier molecular flexibility index (Phi) is 2.01. The second kappa shape index (κ2) is 2.64. The summed E-state index contributed by atoms with van der Waals surface area (Å²) < 4.78 is 0. The molecule has 1 aliphatic heterocycles. The Labute approximate surface area is 64.9 Å². The van der Waals surface area contributed by atoms with Crippen LogP contribution in [0.5, 0.6) is 0 Å². The average Bonchev–Trinajstić information content (AvgIpc) is 1.96. The van der Waals surface area contributed by atoms with Gasteiger partial charge in [-0.15, -0.1) is 12.3 Å². The zero-order chi connectivity index (χ0) is 7.61. The van der Waals surface area contributed by atoms with Crippen molar-refractivity contribution < 1.29 is 1.43 Å². The van der Waals surface area contributed by atoms with Crippen LogP contribution < -0.4 is 0 Å². The minimum atomic E-state index is 0. The SMILES string of the molecule is C#CC1(C)CCN(C)CC1.[H]. The number of piperidine rings is 1. The molecule has 1 nitrogen and oxygen atoms in total. The van der Waals surface area contributed by atoms with Gasteiger partial charge in [-0.3, -0.25) is 0 Å². The van der Waals surface area contributed by atoms with Crippen molar-refractivity contribution in [1.82, 2.24) is 4.90 Å². The van der Waals surface area contributed by atoms with Crippen molar-refractivity contribution in [3.05, 3.63) is 0 Å². The summed E-state index contributed by atoms with van der Waals surface area (Å²) in [5.74, 6) is 2.87. The first kappa shape index (κ1) is 7.63. The van der Waals surface area contributed by atoms with Crippen LogP contribution in [0.15, 0.2) is 0 Å². The van der Waals surface area contributed by atoms with Crippen molar-refractivity contribution in [1.29, 1.82) is 0 Å². The van der Waals surface area contributed by atoms with Gasteiger partial charge in [-0.25, -0.2) is 0 Å². The van der Waals surface area contributed by atoms with Crippen molar-refractivity contribution in [2.45, 2.75) is 19.8 Å². The van der Waals surface area contributed by atoms with Gasteiger partial charge in [0.1, 0.15) is 0 Å². The van der Waals surface area contributed by atoms with E-state index in [1.54, 1.807) is 0 Å². The first-order chi connectivity index (χ1) is 4.66. The third-order valence-electron chi connectivity index (χ3n) is 2.44. The molecule has 1 rings (SSSR count). The van der Waals surface area contributed by atoms with E-state index in [4.69, 9.17) is 6.42 Å². The predicted molar refractivity (Wildman–Crippen MR) is 44.8 cm³/mol. The molecule has 1 heteroatoms. The van der Waals surface area contributed by atoms with Crippen molar-refractivity contribution in [2.75, 3.05) is 20.1 Å². The smallest absolute Gasteiger partial charge is 0.0308 e. The van der Waals surface area contributed by atoms with E-state index in [1.807, 2.05) is 0 Å². The molecular formula is C9H16N. The quantitative estimate of drug-likeness (QED) is 0.458. The minimum absolute atomic E-state index is 0. The Bertz CT molecular complexity index is 151. The van der Waals surface area contributed by atoms with Gasteiger partial charge in [0.2, 0.25) is 0 Å². The predicted octanol–water partition coefficient (Wildman–Crippen LogP) is 1.46. The van der Waals surface area contributed by atoms with Gasteiger partial charge in [-0.1, -0.05) is 0 Å². The van der Waals surface area contributed by atoms with Crippen LogP contribution in [0.1, 0.15) is 21.2 Å². The van der Waals surface area contributed by atoms with E-state index in [2.05, 4.69) is 24.8 Å². The molecule has 0 aliphatic carbocycles. The maximum atomic E-state index is 5.41. The molecule has 1 radical (unpaired) electrons. The molecule has 1 saturated heterocycles. The first-order valence-electron chi connectivity index (χ1n) is 3.83. The molecule has 0 atom stereocenters. The minimum Gasteiger partial charge on any atom is -0.306 e. The largest absolute Gasteiger partial charge is 0.306 e. The molecule has 0 N–H and O–H groups in total. The lowest BCUT2D eigenvalue weighted by atomic mass is 9.82. The number of terminal acetylenes is 1. The van der Waals surface area contributed by atoms with E-state index in [1.165, 1.54) is 0 Å². The van der Waals surface area contributed by atoms with Crippen LogP contribution in [-0.4, -0.2) is 25.0 Å². The van der Waals surface area contributed by atoms with Crippen LogP contribution in [0.4, 0.5) is 0 Å². The molecule has 0 saturated carbocycles. The molecule has 0 aromatic heterocycles. The summed E-state index contributed by atoms with van der Waals surface area (Å²) in [7, 11) is 2.15. The summed E-state index contributed by atoms with van der Waals surface area (Å²) in [6, 6.07) is 0. The summed E-state index contributed by atoms with van der Waals surface area (Å²) in [6.07, 6.45) is 7.72. The first-order valence-corrected chi connectivity index (χ1v) is 3.83. The summed E-state index contributed by atoms with van der Waals surface area (Å²) in [4.78, 5) is 2.33. The van der Waals surface area contributed by atoms with E-state index in [9.17, 15) is 0 Å². The van der Waals surface area contributed by atoms with E-state index >= 15 is 0 Å². The second-order valence-electron chi connectivity index (χ2n) is 3.51. The van der Waals surface area contributed by atoms with Gasteiger partial charge >= 0.3 is 0 Å². The summed E-state index contributed by atoms with van der Waals surface area (Å²) in [5.41, 5.74) is 0.187. The maximum absolute atomic E-state index is 5.41. The standard InChI is InChI=1S/C9H15N.H/c1-4-9(2)5-7-10(3)8-6-9;/h1H,5-8H2,2-3H3;. The van der Waals surface area contributed by atoms with Gasteiger partial charge in [-0.05, 0) is 39.9 Å². The van der Waals surface area contributed by atoms with E-state index in [0.29, 0.717) is 0 Å². The molecule has 0 spiro atoms. The Balaban J connectivity index is 0.000001000. The van der Waals surface area contributed by atoms with E-state index in [-0.39, 0.29) is 6.84 Å². The van der Waals surface area contributed by atoms with Crippen LogP contribution in [0.25, 0.3) is 0 Å². The highest BCUT2D eigenvalue weighted by Crippen LogP contribution is 2.28. The lowest BCUT2D eigenvalue weighted by Gasteiger charge is -2.33. The van der Waals surface area contributed by atoms with Crippen molar-refractivity contribution >= 4 is 0 Å². The van der Waals surface area contributed by atoms with Gasteiger partial charge in [0, 0.05) is 6.84 Å². The van der Waals surface area contributed by atoms with Gasteiger partial charge in [0.25, 0.3) is 0 Å². The van der Waals surface area contributed by atoms with Gasteiger partial charge < -0.3 is 4.90 Å². The molecule has 0 bridgehead atoms. The van der Waals surface area contributed by atoms with Crippen LogP contribution in [-0.2, 0) is 0 Å². The lowest BCUT2D eigenvalue weighted by Crippen LogP contribution is -2.35. The number of hydrogen-bond donors (Lipinski definition) is 0. The fraction of sp³-hybridized carbons (Fsp3) is 0.778. The molecule has 1 heterocycles. The molecule has 10 heavy (non-hydrogen) atoms. The third-order valence-corrected chi connectivity index (χ3v) is 2.44. The number of likely N-dealkylation sites (tertiary alicyclic amines) is 1. The van der Waals surface area contributed by atoms with Crippen LogP contribution in [0.2, 0.25) is 0 Å². The van der Waals surface area contributed by atoms with Gasteiger partial charge in [0.15, 0.2) is 0 Å². The molecule has 0 aromatic rings. The highest BCUT2D eigenvalue weighted by molar-refractivity contribution is 5.04. The zero-order valence-electron chi connectivity index (χ0n) is 7.85. The fourth-order valence-electron chi connectivity index (χ4n) is 1.26. The number of hydrogen-bond acceptors (Lipinski definition) is 1. The maximum Gasteiger partial charge on any atom is 0.0308 e. The normalized spacial score (nSPS) is 25.7. The topological polar surface area (TPSA) is 3.24 Å². The highest BCUT2D eigenvalue weighted by atomic mass is 15.1. The van der Waals surface area contributed by atoms with Crippen LogP contribution in [0.3, 0.4) is 0 Å². The number of rotatable bonds is 0. The van der Waals surface area contributed by atoms with Crippen molar-refractivity contribution in [3.8, 4) is 12.3 Å². The molecule has 1 fully saturated rings. The third kappa shape index (κ3) is 1.52. The van der Waals surface area contributed by atoms with Crippen LogP contribution in [0, 0.1) is 17.8 Å². The summed E-state index contributed by atoms with van der Waals surface area (Å²) in [6.45, 7) is 4.49. The molecule has 0 unspecified atom stereocenters. The molecule has 0 aromatic carbocycles. The molecule has 0 amide bonds. The molecule has 57 valence electrons. The Morgan fingerprint density at radius 3 is 2.40 bits per heavy atom. The molecular weight excluding hydrogens is 122 g/mol. The zero-order valence-corrected chi connectivity index (χ0v) is 6.85. The number of nitrogens with zero attached hydrogens (tertiary/aromatic N) is 1. The van der Waals surface area contributed by atoms with Gasteiger partial charge in [-0.2, -0.15) is 0 Å². The monoisotopic (exact) mass is 138 g/mol. The highest BCUT2D eigenvalue weighted by Gasteiger charge is 2.25.